The minimum atomic E-state index is -1.14. The number of aliphatic hydroxyl groups excluding tert-OH is 2. The van der Waals surface area contributed by atoms with E-state index in [9.17, 15) is 10.2 Å². The fourth-order valence-electron chi connectivity index (χ4n) is 2.85. The van der Waals surface area contributed by atoms with Crippen molar-refractivity contribution < 1.29 is 29.2 Å². The van der Waals surface area contributed by atoms with Crippen LogP contribution in [-0.2, 0) is 0 Å². The summed E-state index contributed by atoms with van der Waals surface area (Å²) in [5, 5.41) is 21.1. The Kier molecular flexibility index (Phi) is 4.51. The molecule has 0 amide bonds. The molecule has 2 aromatic rings. The van der Waals surface area contributed by atoms with Gasteiger partial charge in [0.2, 0.25) is 0 Å². The van der Waals surface area contributed by atoms with E-state index in [1.807, 2.05) is 0 Å². The standard InChI is InChI=1S/C18H20O6/c1-21-11-6-4-10(5-7-11)18-17(20)16(19)15-13(23-3)8-12(22-2)9-14(15)24-18/h4-9,16-20H,1-3H3/t16-,17-,18+/m1/s1. The predicted octanol–water partition coefficient (Wildman–Crippen LogP) is 2.24. The largest absolute Gasteiger partial charge is 0.497 e. The van der Waals surface area contributed by atoms with Gasteiger partial charge in [-0.15, -0.1) is 0 Å². The average Bonchev–Trinajstić information content (AvgIpc) is 2.63. The van der Waals surface area contributed by atoms with Gasteiger partial charge in [0.25, 0.3) is 0 Å². The van der Waals surface area contributed by atoms with E-state index < -0.39 is 18.3 Å². The normalized spacial score (nSPS) is 22.3. The SMILES string of the molecule is COc1ccc([C@@H]2Oc3cc(OC)cc(OC)c3[C@@H](O)[C@H]2O)cc1. The summed E-state index contributed by atoms with van der Waals surface area (Å²) in [7, 11) is 4.61. The topological polar surface area (TPSA) is 77.4 Å². The maximum absolute atomic E-state index is 10.6. The van der Waals surface area contributed by atoms with Crippen LogP contribution in [0.4, 0.5) is 0 Å². The molecule has 1 heterocycles. The van der Waals surface area contributed by atoms with Gasteiger partial charge in [0.1, 0.15) is 35.2 Å². The first-order valence-electron chi connectivity index (χ1n) is 7.51. The summed E-state index contributed by atoms with van der Waals surface area (Å²) in [6, 6.07) is 10.5. The van der Waals surface area contributed by atoms with Gasteiger partial charge in [-0.05, 0) is 17.7 Å². The van der Waals surface area contributed by atoms with Gasteiger partial charge in [0.15, 0.2) is 6.10 Å². The van der Waals surface area contributed by atoms with Crippen LogP contribution in [0, 0.1) is 0 Å². The number of aliphatic hydroxyl groups is 2. The number of hydrogen-bond acceptors (Lipinski definition) is 6. The Morgan fingerprint density at radius 2 is 1.54 bits per heavy atom. The minimum absolute atomic E-state index is 0.407. The molecule has 24 heavy (non-hydrogen) atoms. The van der Waals surface area contributed by atoms with Crippen molar-refractivity contribution >= 4 is 0 Å². The molecule has 0 aliphatic carbocycles. The third-order valence-corrected chi connectivity index (χ3v) is 4.16. The van der Waals surface area contributed by atoms with Crippen LogP contribution in [0.15, 0.2) is 36.4 Å². The molecule has 0 unspecified atom stereocenters. The first-order chi connectivity index (χ1) is 11.6. The zero-order chi connectivity index (χ0) is 17.3. The number of methoxy groups -OCH3 is 3. The van der Waals surface area contributed by atoms with Crippen LogP contribution in [0.2, 0.25) is 0 Å². The molecule has 2 N–H and O–H groups in total. The molecule has 0 aromatic heterocycles. The zero-order valence-corrected chi connectivity index (χ0v) is 13.7. The van der Waals surface area contributed by atoms with Gasteiger partial charge < -0.3 is 29.2 Å². The molecule has 128 valence electrons. The van der Waals surface area contributed by atoms with Crippen LogP contribution in [-0.4, -0.2) is 37.6 Å². The van der Waals surface area contributed by atoms with Crippen molar-refractivity contribution in [3.05, 3.63) is 47.5 Å². The molecule has 0 bridgehead atoms. The summed E-state index contributed by atoms with van der Waals surface area (Å²) < 4.78 is 21.6. The smallest absolute Gasteiger partial charge is 0.152 e. The van der Waals surface area contributed by atoms with Gasteiger partial charge in [-0.3, -0.25) is 0 Å². The van der Waals surface area contributed by atoms with E-state index >= 15 is 0 Å². The van der Waals surface area contributed by atoms with E-state index in [-0.39, 0.29) is 0 Å². The summed E-state index contributed by atoms with van der Waals surface area (Å²) in [4.78, 5) is 0. The highest BCUT2D eigenvalue weighted by atomic mass is 16.5. The molecule has 0 spiro atoms. The minimum Gasteiger partial charge on any atom is -0.497 e. The van der Waals surface area contributed by atoms with Crippen molar-refractivity contribution in [3.8, 4) is 23.0 Å². The summed E-state index contributed by atoms with van der Waals surface area (Å²) >= 11 is 0. The van der Waals surface area contributed by atoms with Crippen molar-refractivity contribution in [2.45, 2.75) is 18.3 Å². The van der Waals surface area contributed by atoms with E-state index in [4.69, 9.17) is 18.9 Å². The first-order valence-corrected chi connectivity index (χ1v) is 7.51. The summed E-state index contributed by atoms with van der Waals surface area (Å²) in [5.41, 5.74) is 1.14. The summed E-state index contributed by atoms with van der Waals surface area (Å²) in [6.07, 6.45) is -2.98. The molecule has 0 saturated carbocycles. The Balaban J connectivity index is 2.02. The van der Waals surface area contributed by atoms with E-state index in [0.29, 0.717) is 28.6 Å². The van der Waals surface area contributed by atoms with Gasteiger partial charge in [0, 0.05) is 12.1 Å². The lowest BCUT2D eigenvalue weighted by atomic mass is 9.91. The molecular weight excluding hydrogens is 312 g/mol. The molecular formula is C18H20O6. The highest BCUT2D eigenvalue weighted by Gasteiger charge is 2.39. The van der Waals surface area contributed by atoms with E-state index in [0.717, 1.165) is 5.56 Å². The van der Waals surface area contributed by atoms with Gasteiger partial charge in [0.05, 0.1) is 26.9 Å². The zero-order valence-electron chi connectivity index (χ0n) is 13.7. The lowest BCUT2D eigenvalue weighted by molar-refractivity contribution is -0.0710. The maximum Gasteiger partial charge on any atom is 0.152 e. The molecule has 3 rings (SSSR count). The van der Waals surface area contributed by atoms with Crippen LogP contribution in [0.5, 0.6) is 23.0 Å². The van der Waals surface area contributed by atoms with Gasteiger partial charge in [-0.25, -0.2) is 0 Å². The fraction of sp³-hybridized carbons (Fsp3) is 0.333. The van der Waals surface area contributed by atoms with Gasteiger partial charge in [-0.1, -0.05) is 12.1 Å². The molecule has 1 aliphatic heterocycles. The van der Waals surface area contributed by atoms with Crippen molar-refractivity contribution in [1.29, 1.82) is 0 Å². The Hall–Kier alpha value is -2.44. The molecule has 0 radical (unpaired) electrons. The Labute approximate surface area is 140 Å². The van der Waals surface area contributed by atoms with Crippen LogP contribution < -0.4 is 18.9 Å². The second kappa shape index (κ2) is 6.59. The van der Waals surface area contributed by atoms with Gasteiger partial charge in [-0.2, -0.15) is 0 Å². The van der Waals surface area contributed by atoms with Crippen LogP contribution in [0.1, 0.15) is 23.3 Å². The highest BCUT2D eigenvalue weighted by molar-refractivity contribution is 5.54. The molecule has 2 aromatic carbocycles. The number of ether oxygens (including phenoxy) is 4. The fourth-order valence-corrected chi connectivity index (χ4v) is 2.85. The molecule has 3 atom stereocenters. The van der Waals surface area contributed by atoms with Crippen molar-refractivity contribution in [2.75, 3.05) is 21.3 Å². The van der Waals surface area contributed by atoms with Crippen LogP contribution in [0.3, 0.4) is 0 Å². The Morgan fingerprint density at radius 1 is 0.875 bits per heavy atom. The third kappa shape index (κ3) is 2.74. The Bertz CT molecular complexity index is 712. The van der Waals surface area contributed by atoms with Crippen LogP contribution >= 0.6 is 0 Å². The number of rotatable bonds is 4. The average molecular weight is 332 g/mol. The summed E-state index contributed by atoms with van der Waals surface area (Å²) in [6.45, 7) is 0. The first kappa shape index (κ1) is 16.4. The lowest BCUT2D eigenvalue weighted by Gasteiger charge is -2.35. The van der Waals surface area contributed by atoms with Crippen molar-refractivity contribution in [2.24, 2.45) is 0 Å². The second-order valence-corrected chi connectivity index (χ2v) is 5.49. The predicted molar refractivity (Wildman–Crippen MR) is 86.9 cm³/mol. The summed E-state index contributed by atoms with van der Waals surface area (Å²) in [5.74, 6) is 2.07. The lowest BCUT2D eigenvalue weighted by Crippen LogP contribution is -2.34. The highest BCUT2D eigenvalue weighted by Crippen LogP contribution is 2.47. The Morgan fingerprint density at radius 3 is 2.12 bits per heavy atom. The van der Waals surface area contributed by atoms with E-state index in [2.05, 4.69) is 0 Å². The molecule has 6 nitrogen and oxygen atoms in total. The maximum atomic E-state index is 10.6. The van der Waals surface area contributed by atoms with E-state index in [1.54, 1.807) is 43.5 Å². The quantitative estimate of drug-likeness (QED) is 0.894. The van der Waals surface area contributed by atoms with Crippen molar-refractivity contribution in [1.82, 2.24) is 0 Å². The van der Waals surface area contributed by atoms with Gasteiger partial charge >= 0.3 is 0 Å². The number of benzene rings is 2. The molecule has 0 saturated heterocycles. The van der Waals surface area contributed by atoms with E-state index in [1.165, 1.54) is 14.2 Å². The number of hydrogen-bond donors (Lipinski definition) is 2. The van der Waals surface area contributed by atoms with Crippen molar-refractivity contribution in [3.63, 3.8) is 0 Å². The molecule has 1 aliphatic rings. The third-order valence-electron chi connectivity index (χ3n) is 4.16. The second-order valence-electron chi connectivity index (χ2n) is 5.49. The molecule has 0 fully saturated rings. The number of fused-ring (bicyclic) bond motifs is 1. The van der Waals surface area contributed by atoms with Crippen LogP contribution in [0.25, 0.3) is 0 Å². The monoisotopic (exact) mass is 332 g/mol. The molecule has 6 heteroatoms.